The highest BCUT2D eigenvalue weighted by molar-refractivity contribution is 7.66. The number of nitrogen functional groups attached to an aromatic ring is 1. The van der Waals surface area contributed by atoms with Crippen LogP contribution in [0, 0.1) is 5.41 Å². The predicted molar refractivity (Wildman–Crippen MR) is 107 cm³/mol. The zero-order valence-corrected chi connectivity index (χ0v) is 19.6. The molecule has 0 aromatic carbocycles. The highest BCUT2D eigenvalue weighted by Crippen LogP contribution is 2.66. The van der Waals surface area contributed by atoms with Gasteiger partial charge in [-0.1, -0.05) is 6.92 Å². The van der Waals surface area contributed by atoms with Gasteiger partial charge in [-0.15, -0.1) is 0 Å². The minimum Gasteiger partial charge on any atom is -0.392 e. The quantitative estimate of drug-likeness (QED) is 0.204. The van der Waals surface area contributed by atoms with E-state index in [9.17, 15) is 28.6 Å². The Balaban J connectivity index is 1.73. The summed E-state index contributed by atoms with van der Waals surface area (Å²) in [7, 11) is -16.5. The van der Waals surface area contributed by atoms with Gasteiger partial charge in [0.25, 0.3) is 0 Å². The molecule has 2 aromatic heterocycles. The maximum Gasteiger partial charge on any atom is 0.490 e. The van der Waals surface area contributed by atoms with Crippen molar-refractivity contribution in [1.29, 1.82) is 0 Å². The van der Waals surface area contributed by atoms with E-state index in [0.717, 1.165) is 0 Å². The molecule has 32 heavy (non-hydrogen) atoms. The fraction of sp³-hybridized carbons (Fsp3) is 0.583. The number of nitrogens with zero attached hydrogens (tertiary/aromatic N) is 4. The fourth-order valence-electron chi connectivity index (χ4n) is 3.38. The molecule has 20 heteroatoms. The van der Waals surface area contributed by atoms with Crippen LogP contribution in [0.15, 0.2) is 6.33 Å². The van der Waals surface area contributed by atoms with Crippen LogP contribution in [0.5, 0.6) is 0 Å². The summed E-state index contributed by atoms with van der Waals surface area (Å²) >= 11 is 5.85. The molecule has 0 aliphatic heterocycles. The number of phosphoric ester groups is 1. The number of aromatic nitrogens is 4. The Labute approximate surface area is 184 Å². The number of aliphatic hydroxyl groups excluding tert-OH is 1. The number of phosphoric acid groups is 3. The Morgan fingerprint density at radius 1 is 1.22 bits per heavy atom. The SMILES string of the molecule is C[C@]1(COP(=O)(O)OP(=O)(O)OP(=O)(O)O)C[C@@H](n2cnc3c(N)nc(Cl)nc32)C[C@@H]1O. The van der Waals surface area contributed by atoms with Gasteiger partial charge in [-0.05, 0) is 24.4 Å². The van der Waals surface area contributed by atoms with Crippen LogP contribution in [-0.4, -0.2) is 56.9 Å². The molecule has 180 valence electrons. The number of anilines is 1. The maximum absolute atomic E-state index is 12.0. The molecule has 1 saturated carbocycles. The zero-order chi connectivity index (χ0) is 24.1. The minimum absolute atomic E-state index is 0.0627. The third kappa shape index (κ3) is 5.92. The summed E-state index contributed by atoms with van der Waals surface area (Å²) in [6.07, 6.45) is 0.699. The number of rotatable bonds is 8. The molecule has 0 amide bonds. The summed E-state index contributed by atoms with van der Waals surface area (Å²) in [5, 5.41) is 10.4. The van der Waals surface area contributed by atoms with Crippen LogP contribution in [0.2, 0.25) is 5.28 Å². The Morgan fingerprint density at radius 2 is 1.88 bits per heavy atom. The first-order chi connectivity index (χ1) is 14.5. The van der Waals surface area contributed by atoms with Crippen molar-refractivity contribution in [1.82, 2.24) is 19.5 Å². The van der Waals surface area contributed by atoms with Gasteiger partial charge in [0.05, 0.1) is 19.0 Å². The van der Waals surface area contributed by atoms with E-state index < -0.39 is 47.6 Å². The van der Waals surface area contributed by atoms with Crippen LogP contribution in [0.4, 0.5) is 5.82 Å². The summed E-state index contributed by atoms with van der Waals surface area (Å²) in [5.74, 6) is 0.0627. The van der Waals surface area contributed by atoms with Gasteiger partial charge in [0.15, 0.2) is 11.5 Å². The number of hydrogen-bond donors (Lipinski definition) is 6. The first-order valence-electron chi connectivity index (χ1n) is 8.62. The molecule has 2 heterocycles. The van der Waals surface area contributed by atoms with Crippen LogP contribution in [-0.2, 0) is 26.8 Å². The van der Waals surface area contributed by atoms with Crippen LogP contribution >= 0.6 is 35.1 Å². The molecular weight excluding hydrogens is 519 g/mol. The van der Waals surface area contributed by atoms with E-state index in [0.29, 0.717) is 11.2 Å². The van der Waals surface area contributed by atoms with Gasteiger partial charge in [0.2, 0.25) is 5.28 Å². The first kappa shape index (κ1) is 25.6. The topological polar surface area (TPSA) is 250 Å². The van der Waals surface area contributed by atoms with Crippen LogP contribution in [0.25, 0.3) is 11.2 Å². The van der Waals surface area contributed by atoms with Gasteiger partial charge < -0.3 is 35.0 Å². The van der Waals surface area contributed by atoms with Crippen molar-refractivity contribution >= 4 is 52.1 Å². The first-order valence-corrected chi connectivity index (χ1v) is 13.5. The van der Waals surface area contributed by atoms with Gasteiger partial charge >= 0.3 is 23.5 Å². The van der Waals surface area contributed by atoms with Gasteiger partial charge in [-0.2, -0.15) is 18.6 Å². The third-order valence-corrected chi connectivity index (χ3v) is 8.74. The molecule has 5 atom stereocenters. The van der Waals surface area contributed by atoms with E-state index in [1.807, 2.05) is 0 Å². The lowest BCUT2D eigenvalue weighted by atomic mass is 9.87. The maximum atomic E-state index is 12.0. The predicted octanol–water partition coefficient (Wildman–Crippen LogP) is 1.11. The van der Waals surface area contributed by atoms with Crippen molar-refractivity contribution in [2.24, 2.45) is 5.41 Å². The number of aliphatic hydroxyl groups is 1. The monoisotopic (exact) mass is 537 g/mol. The van der Waals surface area contributed by atoms with Crippen molar-refractivity contribution in [3.8, 4) is 0 Å². The summed E-state index contributed by atoms with van der Waals surface area (Å²) in [5.41, 5.74) is 5.25. The molecule has 16 nitrogen and oxygen atoms in total. The average Bonchev–Trinajstić information content (AvgIpc) is 3.12. The summed E-state index contributed by atoms with van der Waals surface area (Å²) < 4.78 is 47.8. The lowest BCUT2D eigenvalue weighted by Crippen LogP contribution is -2.31. The van der Waals surface area contributed by atoms with Crippen LogP contribution in [0.1, 0.15) is 25.8 Å². The lowest BCUT2D eigenvalue weighted by molar-refractivity contribution is 0.0188. The standard InChI is InChI=1S/C12H19ClN5O11P3/c1-12(4-27-31(23,24)29-32(25,26)28-30(20,21)22)3-6(2-7(12)19)18-5-15-8-9(14)16-11(13)17-10(8)18/h5-7,19H,2-4H2,1H3,(H,23,24)(H,25,26)(H2,14,16,17)(H2,20,21,22)/t6-,7-,12+/m0/s1. The largest absolute Gasteiger partial charge is 0.490 e. The summed E-state index contributed by atoms with van der Waals surface area (Å²) in [6.45, 7) is 0.899. The van der Waals surface area contributed by atoms with E-state index in [4.69, 9.17) is 31.6 Å². The van der Waals surface area contributed by atoms with Crippen molar-refractivity contribution in [2.45, 2.75) is 31.9 Å². The molecular formula is C12H19ClN5O11P3. The highest BCUT2D eigenvalue weighted by Gasteiger charge is 2.47. The molecule has 0 spiro atoms. The molecule has 1 aliphatic carbocycles. The second-order valence-corrected chi connectivity index (χ2v) is 12.1. The van der Waals surface area contributed by atoms with E-state index in [2.05, 4.69) is 23.6 Å². The number of hydrogen-bond acceptors (Lipinski definition) is 11. The van der Waals surface area contributed by atoms with Gasteiger partial charge in [-0.25, -0.2) is 18.7 Å². The molecule has 3 rings (SSSR count). The van der Waals surface area contributed by atoms with Gasteiger partial charge in [-0.3, -0.25) is 4.52 Å². The fourth-order valence-corrected chi connectivity index (χ4v) is 6.70. The van der Waals surface area contributed by atoms with Crippen molar-refractivity contribution in [2.75, 3.05) is 12.3 Å². The summed E-state index contributed by atoms with van der Waals surface area (Å²) in [4.78, 5) is 48.0. The van der Waals surface area contributed by atoms with Crippen LogP contribution < -0.4 is 5.73 Å². The summed E-state index contributed by atoms with van der Waals surface area (Å²) in [6, 6.07) is -0.408. The number of fused-ring (bicyclic) bond motifs is 1. The van der Waals surface area contributed by atoms with Crippen molar-refractivity contribution < 1.29 is 51.5 Å². The second kappa shape index (κ2) is 8.66. The highest BCUT2D eigenvalue weighted by atomic mass is 35.5. The smallest absolute Gasteiger partial charge is 0.392 e. The number of nitrogens with two attached hydrogens (primary N) is 1. The lowest BCUT2D eigenvalue weighted by Gasteiger charge is -2.28. The van der Waals surface area contributed by atoms with E-state index in [1.54, 1.807) is 4.57 Å². The normalized spacial score (nSPS) is 28.0. The Bertz CT molecular complexity index is 1170. The molecule has 2 unspecified atom stereocenters. The Morgan fingerprint density at radius 3 is 2.50 bits per heavy atom. The number of imidazole rings is 1. The molecule has 2 aromatic rings. The molecule has 7 N–H and O–H groups in total. The zero-order valence-electron chi connectivity index (χ0n) is 16.1. The molecule has 1 fully saturated rings. The molecule has 1 aliphatic rings. The Kier molecular flexibility index (Phi) is 6.93. The minimum atomic E-state index is -5.64. The van der Waals surface area contributed by atoms with Crippen LogP contribution in [0.3, 0.4) is 0 Å². The van der Waals surface area contributed by atoms with Gasteiger partial charge in [0, 0.05) is 11.5 Å². The number of halogens is 1. The molecule has 0 bridgehead atoms. The van der Waals surface area contributed by atoms with Crippen molar-refractivity contribution in [3.63, 3.8) is 0 Å². The van der Waals surface area contributed by atoms with E-state index >= 15 is 0 Å². The van der Waals surface area contributed by atoms with Crippen molar-refractivity contribution in [3.05, 3.63) is 11.6 Å². The molecule has 0 radical (unpaired) electrons. The molecule has 0 saturated heterocycles. The second-order valence-electron chi connectivity index (χ2n) is 7.33. The van der Waals surface area contributed by atoms with E-state index in [1.165, 1.54) is 13.3 Å². The third-order valence-electron chi connectivity index (χ3n) is 4.79. The average molecular weight is 538 g/mol. The Hall–Kier alpha value is -0.990. The van der Waals surface area contributed by atoms with Gasteiger partial charge in [0.1, 0.15) is 5.52 Å². The van der Waals surface area contributed by atoms with E-state index in [-0.39, 0.29) is 23.9 Å².